The summed E-state index contributed by atoms with van der Waals surface area (Å²) >= 11 is 1.53. The van der Waals surface area contributed by atoms with Crippen molar-refractivity contribution in [1.29, 1.82) is 0 Å². The monoisotopic (exact) mass is 273 g/mol. The van der Waals surface area contributed by atoms with E-state index in [9.17, 15) is 5.11 Å². The molecule has 3 rings (SSSR count). The lowest BCUT2D eigenvalue weighted by atomic mass is 10.0. The van der Waals surface area contributed by atoms with Gasteiger partial charge in [0.15, 0.2) is 0 Å². The van der Waals surface area contributed by atoms with Crippen molar-refractivity contribution in [1.82, 2.24) is 14.6 Å². The summed E-state index contributed by atoms with van der Waals surface area (Å²) in [6.45, 7) is 6.05. The zero-order chi connectivity index (χ0) is 13.6. The molecule has 1 N–H and O–H groups in total. The van der Waals surface area contributed by atoms with Crippen LogP contribution in [0.2, 0.25) is 0 Å². The van der Waals surface area contributed by atoms with Crippen molar-refractivity contribution < 1.29 is 5.11 Å². The number of rotatable bonds is 2. The average Bonchev–Trinajstić information content (AvgIpc) is 2.88. The second kappa shape index (κ2) is 4.43. The summed E-state index contributed by atoms with van der Waals surface area (Å²) in [6, 6.07) is 6.23. The molecule has 0 aliphatic carbocycles. The molecule has 0 fully saturated rings. The summed E-state index contributed by atoms with van der Waals surface area (Å²) < 4.78 is 1.74. The standard InChI is InChI=1S/C14H15N3OS/c1-8-4-5-11(6-9(8)2)13-12(7-18)17-14(15-13)19-10(3)16-17/h4-6,18H,7H2,1-3H3. The van der Waals surface area contributed by atoms with Crippen molar-refractivity contribution in [3.05, 3.63) is 40.0 Å². The Bertz CT molecular complexity index is 757. The highest BCUT2D eigenvalue weighted by Crippen LogP contribution is 2.28. The van der Waals surface area contributed by atoms with E-state index in [0.717, 1.165) is 26.9 Å². The van der Waals surface area contributed by atoms with E-state index in [4.69, 9.17) is 0 Å². The fourth-order valence-corrected chi connectivity index (χ4v) is 2.91. The lowest BCUT2D eigenvalue weighted by Crippen LogP contribution is -1.96. The van der Waals surface area contributed by atoms with E-state index in [1.165, 1.54) is 22.5 Å². The Balaban J connectivity index is 2.23. The number of hydrogen-bond donors (Lipinski definition) is 1. The van der Waals surface area contributed by atoms with Crippen molar-refractivity contribution in [3.63, 3.8) is 0 Å². The average molecular weight is 273 g/mol. The number of hydrogen-bond acceptors (Lipinski definition) is 4. The van der Waals surface area contributed by atoms with Crippen LogP contribution in [0.25, 0.3) is 16.2 Å². The molecule has 0 atom stereocenters. The minimum Gasteiger partial charge on any atom is -0.390 e. The normalized spacial score (nSPS) is 11.4. The van der Waals surface area contributed by atoms with Crippen LogP contribution >= 0.6 is 11.3 Å². The van der Waals surface area contributed by atoms with Crippen molar-refractivity contribution in [3.8, 4) is 11.3 Å². The predicted molar refractivity (Wildman–Crippen MR) is 76.4 cm³/mol. The smallest absolute Gasteiger partial charge is 0.213 e. The first-order valence-electron chi connectivity index (χ1n) is 6.13. The number of aliphatic hydroxyl groups is 1. The van der Waals surface area contributed by atoms with Crippen LogP contribution in [-0.2, 0) is 6.61 Å². The Hall–Kier alpha value is -1.72. The zero-order valence-electron chi connectivity index (χ0n) is 11.1. The summed E-state index contributed by atoms with van der Waals surface area (Å²) in [4.78, 5) is 5.43. The number of imidazole rings is 1. The van der Waals surface area contributed by atoms with E-state index in [2.05, 4.69) is 36.1 Å². The summed E-state index contributed by atoms with van der Waals surface area (Å²) in [7, 11) is 0. The van der Waals surface area contributed by atoms with Crippen molar-refractivity contribution >= 4 is 16.3 Å². The SMILES string of the molecule is Cc1nn2c(CO)c(-c3ccc(C)c(C)c3)nc2s1. The molecule has 5 heteroatoms. The fraction of sp³-hybridized carbons (Fsp3) is 0.286. The quantitative estimate of drug-likeness (QED) is 0.781. The third kappa shape index (κ3) is 1.95. The van der Waals surface area contributed by atoms with E-state index in [1.54, 1.807) is 4.52 Å². The highest BCUT2D eigenvalue weighted by Gasteiger charge is 2.16. The Morgan fingerprint density at radius 1 is 1.21 bits per heavy atom. The van der Waals surface area contributed by atoms with Crippen molar-refractivity contribution in [2.45, 2.75) is 27.4 Å². The van der Waals surface area contributed by atoms with E-state index >= 15 is 0 Å². The third-order valence-corrected chi connectivity index (χ3v) is 4.15. The van der Waals surface area contributed by atoms with Crippen LogP contribution in [0.4, 0.5) is 0 Å². The van der Waals surface area contributed by atoms with Gasteiger partial charge in [-0.2, -0.15) is 5.10 Å². The van der Waals surface area contributed by atoms with Crippen molar-refractivity contribution in [2.75, 3.05) is 0 Å². The van der Waals surface area contributed by atoms with Gasteiger partial charge in [-0.15, -0.1) is 0 Å². The van der Waals surface area contributed by atoms with Crippen molar-refractivity contribution in [2.24, 2.45) is 0 Å². The van der Waals surface area contributed by atoms with Gasteiger partial charge in [-0.3, -0.25) is 0 Å². The molecule has 4 nitrogen and oxygen atoms in total. The summed E-state index contributed by atoms with van der Waals surface area (Å²) in [5.41, 5.74) is 5.08. The largest absolute Gasteiger partial charge is 0.390 e. The second-order valence-corrected chi connectivity index (χ2v) is 5.84. The highest BCUT2D eigenvalue weighted by atomic mass is 32.1. The van der Waals surface area contributed by atoms with Gasteiger partial charge in [0.1, 0.15) is 5.01 Å². The van der Waals surface area contributed by atoms with Crippen LogP contribution in [0.15, 0.2) is 18.2 Å². The fourth-order valence-electron chi connectivity index (χ4n) is 2.15. The van der Waals surface area contributed by atoms with E-state index in [1.807, 2.05) is 13.0 Å². The first-order valence-corrected chi connectivity index (χ1v) is 6.95. The Kier molecular flexibility index (Phi) is 2.88. The van der Waals surface area contributed by atoms with E-state index < -0.39 is 0 Å². The molecular weight excluding hydrogens is 258 g/mol. The highest BCUT2D eigenvalue weighted by molar-refractivity contribution is 7.16. The second-order valence-electron chi connectivity index (χ2n) is 4.68. The van der Waals surface area contributed by atoms with Crippen LogP contribution < -0.4 is 0 Å². The number of aromatic nitrogens is 3. The van der Waals surface area contributed by atoms with Gasteiger partial charge < -0.3 is 5.11 Å². The number of aryl methyl sites for hydroxylation is 3. The molecule has 2 heterocycles. The molecule has 0 aliphatic heterocycles. The first kappa shape index (κ1) is 12.3. The third-order valence-electron chi connectivity index (χ3n) is 3.33. The molecule has 0 bridgehead atoms. The number of benzene rings is 1. The summed E-state index contributed by atoms with van der Waals surface area (Å²) in [5, 5.41) is 14.9. The minimum absolute atomic E-state index is 0.0629. The first-order chi connectivity index (χ1) is 9.10. The maximum atomic E-state index is 9.60. The maximum Gasteiger partial charge on any atom is 0.213 e. The van der Waals surface area contributed by atoms with Gasteiger partial charge in [0, 0.05) is 5.56 Å². The van der Waals surface area contributed by atoms with Gasteiger partial charge in [0.2, 0.25) is 4.96 Å². The number of nitrogens with zero attached hydrogens (tertiary/aromatic N) is 3. The topological polar surface area (TPSA) is 50.4 Å². The van der Waals surface area contributed by atoms with Crippen LogP contribution in [-0.4, -0.2) is 19.7 Å². The van der Waals surface area contributed by atoms with Gasteiger partial charge in [-0.05, 0) is 38.0 Å². The van der Waals surface area contributed by atoms with E-state index in [-0.39, 0.29) is 6.61 Å². The zero-order valence-corrected chi connectivity index (χ0v) is 12.0. The molecule has 19 heavy (non-hydrogen) atoms. The molecule has 0 radical (unpaired) electrons. The molecule has 0 aliphatic rings. The molecule has 0 saturated carbocycles. The lowest BCUT2D eigenvalue weighted by Gasteiger charge is -2.04. The molecule has 1 aromatic carbocycles. The van der Waals surface area contributed by atoms with Gasteiger partial charge in [-0.25, -0.2) is 9.50 Å². The predicted octanol–water partition coefficient (Wildman–Crippen LogP) is 2.88. The molecule has 0 amide bonds. The molecule has 0 spiro atoms. The van der Waals surface area contributed by atoms with Crippen LogP contribution in [0, 0.1) is 20.8 Å². The molecule has 98 valence electrons. The molecule has 3 aromatic rings. The molecular formula is C14H15N3OS. The molecule has 0 saturated heterocycles. The van der Waals surface area contributed by atoms with Crippen LogP contribution in [0.3, 0.4) is 0 Å². The van der Waals surface area contributed by atoms with E-state index in [0.29, 0.717) is 0 Å². The molecule has 2 aromatic heterocycles. The summed E-state index contributed by atoms with van der Waals surface area (Å²) in [6.07, 6.45) is 0. The Morgan fingerprint density at radius 2 is 2.00 bits per heavy atom. The Labute approximate surface area is 115 Å². The Morgan fingerprint density at radius 3 is 2.68 bits per heavy atom. The molecule has 0 unspecified atom stereocenters. The minimum atomic E-state index is -0.0629. The van der Waals surface area contributed by atoms with Gasteiger partial charge in [0.25, 0.3) is 0 Å². The summed E-state index contributed by atoms with van der Waals surface area (Å²) in [5.74, 6) is 0. The van der Waals surface area contributed by atoms with Gasteiger partial charge >= 0.3 is 0 Å². The van der Waals surface area contributed by atoms with Crippen LogP contribution in [0.5, 0.6) is 0 Å². The number of fused-ring (bicyclic) bond motifs is 1. The lowest BCUT2D eigenvalue weighted by molar-refractivity contribution is 0.275. The van der Waals surface area contributed by atoms with Crippen LogP contribution in [0.1, 0.15) is 21.8 Å². The number of aliphatic hydroxyl groups excluding tert-OH is 1. The maximum absolute atomic E-state index is 9.60. The van der Waals surface area contributed by atoms with Gasteiger partial charge in [0.05, 0.1) is 18.0 Å². The van der Waals surface area contributed by atoms with Gasteiger partial charge in [-0.1, -0.05) is 23.5 Å².